The van der Waals surface area contributed by atoms with Gasteiger partial charge in [0, 0.05) is 12.5 Å². The van der Waals surface area contributed by atoms with Crippen molar-refractivity contribution in [3.63, 3.8) is 0 Å². The van der Waals surface area contributed by atoms with E-state index in [1.165, 1.54) is 6.26 Å². The Labute approximate surface area is 107 Å². The van der Waals surface area contributed by atoms with Crippen LogP contribution in [0.25, 0.3) is 0 Å². The van der Waals surface area contributed by atoms with Crippen LogP contribution in [0.3, 0.4) is 0 Å². The Morgan fingerprint density at radius 1 is 1.41 bits per heavy atom. The fraction of sp³-hybridized carbons (Fsp3) is 0.250. The van der Waals surface area contributed by atoms with E-state index in [-0.39, 0.29) is 11.9 Å². The van der Waals surface area contributed by atoms with E-state index in [1.54, 1.807) is 12.3 Å². The third-order valence-electron chi connectivity index (χ3n) is 2.33. The highest BCUT2D eigenvalue weighted by Gasteiger charge is 2.15. The van der Waals surface area contributed by atoms with Crippen molar-refractivity contribution in [3.8, 4) is 0 Å². The SMILES string of the molecule is CC(Cc1ccco1)NC(=O)c1ccoc1Br. The number of carbonyl (C=O) groups is 1. The summed E-state index contributed by atoms with van der Waals surface area (Å²) in [5.41, 5.74) is 0.497. The Morgan fingerprint density at radius 2 is 2.24 bits per heavy atom. The van der Waals surface area contributed by atoms with Gasteiger partial charge in [-0.2, -0.15) is 0 Å². The fourth-order valence-corrected chi connectivity index (χ4v) is 1.96. The number of amides is 1. The van der Waals surface area contributed by atoms with Crippen molar-refractivity contribution in [1.29, 1.82) is 0 Å². The van der Waals surface area contributed by atoms with Crippen LogP contribution in [0.1, 0.15) is 23.0 Å². The molecule has 5 heteroatoms. The second-order valence-electron chi connectivity index (χ2n) is 3.77. The average Bonchev–Trinajstić information content (AvgIpc) is 2.88. The molecule has 1 amide bonds. The zero-order chi connectivity index (χ0) is 12.3. The van der Waals surface area contributed by atoms with Gasteiger partial charge in [-0.1, -0.05) is 0 Å². The summed E-state index contributed by atoms with van der Waals surface area (Å²) in [7, 11) is 0. The van der Waals surface area contributed by atoms with Crippen LogP contribution in [0.15, 0.2) is 44.2 Å². The first-order valence-corrected chi connectivity index (χ1v) is 6.02. The minimum atomic E-state index is -0.162. The number of furan rings is 2. The van der Waals surface area contributed by atoms with Crippen LogP contribution >= 0.6 is 15.9 Å². The van der Waals surface area contributed by atoms with E-state index < -0.39 is 0 Å². The molecule has 0 fully saturated rings. The van der Waals surface area contributed by atoms with E-state index in [9.17, 15) is 4.79 Å². The molecule has 90 valence electrons. The quantitative estimate of drug-likeness (QED) is 0.944. The molecule has 0 spiro atoms. The largest absolute Gasteiger partial charge is 0.469 e. The van der Waals surface area contributed by atoms with E-state index in [0.717, 1.165) is 5.76 Å². The molecular weight excluding hydrogens is 286 g/mol. The van der Waals surface area contributed by atoms with Gasteiger partial charge in [-0.05, 0) is 41.1 Å². The lowest BCUT2D eigenvalue weighted by Crippen LogP contribution is -2.33. The molecule has 2 aromatic heterocycles. The molecule has 1 N–H and O–H groups in total. The molecule has 0 saturated heterocycles. The van der Waals surface area contributed by atoms with E-state index in [2.05, 4.69) is 21.2 Å². The Balaban J connectivity index is 1.93. The molecule has 1 unspecified atom stereocenters. The topological polar surface area (TPSA) is 55.4 Å². The van der Waals surface area contributed by atoms with Crippen molar-refractivity contribution in [3.05, 3.63) is 46.7 Å². The maximum absolute atomic E-state index is 11.8. The molecule has 0 saturated carbocycles. The van der Waals surface area contributed by atoms with Crippen LogP contribution in [0.2, 0.25) is 0 Å². The maximum Gasteiger partial charge on any atom is 0.255 e. The molecule has 0 aliphatic carbocycles. The second kappa shape index (κ2) is 5.23. The van der Waals surface area contributed by atoms with Crippen LogP contribution in [-0.4, -0.2) is 11.9 Å². The van der Waals surface area contributed by atoms with E-state index >= 15 is 0 Å². The van der Waals surface area contributed by atoms with Crippen molar-refractivity contribution in [1.82, 2.24) is 5.32 Å². The Hall–Kier alpha value is -1.49. The summed E-state index contributed by atoms with van der Waals surface area (Å²) in [4.78, 5) is 11.8. The number of hydrogen-bond donors (Lipinski definition) is 1. The molecular formula is C12H12BrNO3. The number of carbonyl (C=O) groups excluding carboxylic acids is 1. The van der Waals surface area contributed by atoms with Gasteiger partial charge in [0.2, 0.25) is 0 Å². The first-order valence-electron chi connectivity index (χ1n) is 5.23. The molecule has 0 bridgehead atoms. The van der Waals surface area contributed by atoms with Gasteiger partial charge < -0.3 is 14.2 Å². The minimum absolute atomic E-state index is 0.00421. The van der Waals surface area contributed by atoms with Gasteiger partial charge in [-0.25, -0.2) is 0 Å². The summed E-state index contributed by atoms with van der Waals surface area (Å²) in [6, 6.07) is 5.34. The monoisotopic (exact) mass is 297 g/mol. The highest BCUT2D eigenvalue weighted by molar-refractivity contribution is 9.10. The highest BCUT2D eigenvalue weighted by atomic mass is 79.9. The summed E-state index contributed by atoms with van der Waals surface area (Å²) in [6.07, 6.45) is 3.75. The molecule has 2 rings (SSSR count). The summed E-state index contributed by atoms with van der Waals surface area (Å²) in [6.45, 7) is 1.93. The van der Waals surface area contributed by atoms with Gasteiger partial charge in [-0.3, -0.25) is 4.79 Å². The number of rotatable bonds is 4. The summed E-state index contributed by atoms with van der Waals surface area (Å²) >= 11 is 3.17. The lowest BCUT2D eigenvalue weighted by atomic mass is 10.2. The Morgan fingerprint density at radius 3 is 2.82 bits per heavy atom. The smallest absolute Gasteiger partial charge is 0.255 e. The fourth-order valence-electron chi connectivity index (χ4n) is 1.54. The molecule has 0 radical (unpaired) electrons. The third-order valence-corrected chi connectivity index (χ3v) is 2.94. The van der Waals surface area contributed by atoms with Crippen molar-refractivity contribution in [2.45, 2.75) is 19.4 Å². The van der Waals surface area contributed by atoms with Crippen molar-refractivity contribution < 1.29 is 13.6 Å². The Kier molecular flexibility index (Phi) is 3.68. The predicted octanol–water partition coefficient (Wildman–Crippen LogP) is 3.00. The molecule has 4 nitrogen and oxygen atoms in total. The van der Waals surface area contributed by atoms with Crippen molar-refractivity contribution in [2.75, 3.05) is 0 Å². The van der Waals surface area contributed by atoms with Gasteiger partial charge in [0.05, 0.1) is 18.1 Å². The zero-order valence-electron chi connectivity index (χ0n) is 9.27. The van der Waals surface area contributed by atoms with Gasteiger partial charge in [0.1, 0.15) is 5.76 Å². The standard InChI is InChI=1S/C12H12BrNO3/c1-8(7-9-3-2-5-16-9)14-12(15)10-4-6-17-11(10)13/h2-6,8H,7H2,1H3,(H,14,15). The summed E-state index contributed by atoms with van der Waals surface area (Å²) in [5.74, 6) is 0.689. The molecule has 1 atom stereocenters. The normalized spacial score (nSPS) is 12.4. The number of hydrogen-bond acceptors (Lipinski definition) is 3. The van der Waals surface area contributed by atoms with Gasteiger partial charge >= 0.3 is 0 Å². The van der Waals surface area contributed by atoms with Crippen molar-refractivity contribution in [2.24, 2.45) is 0 Å². The third kappa shape index (κ3) is 3.00. The summed E-state index contributed by atoms with van der Waals surface area (Å²) < 4.78 is 10.7. The van der Waals surface area contributed by atoms with Crippen LogP contribution in [0.4, 0.5) is 0 Å². The highest BCUT2D eigenvalue weighted by Crippen LogP contribution is 2.17. The van der Waals surface area contributed by atoms with Crippen molar-refractivity contribution >= 4 is 21.8 Å². The second-order valence-corrected chi connectivity index (χ2v) is 4.49. The molecule has 0 aliphatic heterocycles. The molecule has 2 heterocycles. The molecule has 0 aliphatic rings. The van der Waals surface area contributed by atoms with Crippen LogP contribution in [0.5, 0.6) is 0 Å². The zero-order valence-corrected chi connectivity index (χ0v) is 10.9. The van der Waals surface area contributed by atoms with E-state index in [1.807, 2.05) is 19.1 Å². The number of nitrogens with one attached hydrogen (secondary N) is 1. The predicted molar refractivity (Wildman–Crippen MR) is 65.7 cm³/mol. The lowest BCUT2D eigenvalue weighted by molar-refractivity contribution is 0.0937. The van der Waals surface area contributed by atoms with Crippen LogP contribution in [0, 0.1) is 0 Å². The summed E-state index contributed by atoms with van der Waals surface area (Å²) in [5, 5.41) is 2.87. The first-order chi connectivity index (χ1) is 8.16. The molecule has 2 aromatic rings. The molecule has 17 heavy (non-hydrogen) atoms. The van der Waals surface area contributed by atoms with Crippen LogP contribution in [-0.2, 0) is 6.42 Å². The van der Waals surface area contributed by atoms with E-state index in [4.69, 9.17) is 8.83 Å². The van der Waals surface area contributed by atoms with Gasteiger partial charge in [0.25, 0.3) is 5.91 Å². The van der Waals surface area contributed by atoms with Gasteiger partial charge in [0.15, 0.2) is 4.67 Å². The Bertz CT molecular complexity index is 490. The molecule has 0 aromatic carbocycles. The maximum atomic E-state index is 11.8. The minimum Gasteiger partial charge on any atom is -0.469 e. The van der Waals surface area contributed by atoms with E-state index in [0.29, 0.717) is 16.7 Å². The lowest BCUT2D eigenvalue weighted by Gasteiger charge is -2.11. The van der Waals surface area contributed by atoms with Gasteiger partial charge in [-0.15, -0.1) is 0 Å². The first kappa shape index (κ1) is 12.0. The average molecular weight is 298 g/mol. The number of halogens is 1. The van der Waals surface area contributed by atoms with Crippen LogP contribution < -0.4 is 5.32 Å².